The van der Waals surface area contributed by atoms with E-state index < -0.39 is 0 Å². The maximum Gasteiger partial charge on any atom is 0.241 e. The third kappa shape index (κ3) is 5.24. The van der Waals surface area contributed by atoms with E-state index in [4.69, 9.17) is 9.47 Å². The molecule has 0 fully saturated rings. The molecule has 8 nitrogen and oxygen atoms in total. The maximum atomic E-state index is 11.7. The predicted octanol–water partition coefficient (Wildman–Crippen LogP) is 0.829. The molecule has 1 heterocycles. The van der Waals surface area contributed by atoms with Gasteiger partial charge in [-0.15, -0.1) is 5.10 Å². The second-order valence-electron chi connectivity index (χ2n) is 4.75. The van der Waals surface area contributed by atoms with E-state index in [0.29, 0.717) is 26.2 Å². The van der Waals surface area contributed by atoms with Gasteiger partial charge in [0, 0.05) is 6.54 Å². The monoisotopic (exact) mass is 319 g/mol. The van der Waals surface area contributed by atoms with E-state index in [0.717, 1.165) is 17.1 Å². The van der Waals surface area contributed by atoms with Gasteiger partial charge in [-0.25, -0.2) is 4.68 Å². The van der Waals surface area contributed by atoms with Gasteiger partial charge in [0.2, 0.25) is 5.91 Å². The highest BCUT2D eigenvalue weighted by atomic mass is 16.5. The Morgan fingerprint density at radius 1 is 1.22 bits per heavy atom. The lowest BCUT2D eigenvalue weighted by atomic mass is 10.1. The Hall–Kier alpha value is -2.64. The van der Waals surface area contributed by atoms with Gasteiger partial charge in [-0.1, -0.05) is 6.07 Å². The number of aromatic nitrogens is 4. The molecule has 0 saturated heterocycles. The Balaban J connectivity index is 1.85. The smallest absolute Gasteiger partial charge is 0.241 e. The van der Waals surface area contributed by atoms with Gasteiger partial charge in [-0.05, 0) is 48.4 Å². The molecule has 0 atom stereocenters. The topological polar surface area (TPSA) is 91.2 Å². The number of benzene rings is 1. The van der Waals surface area contributed by atoms with E-state index >= 15 is 0 Å². The molecule has 0 unspecified atom stereocenters. The van der Waals surface area contributed by atoms with E-state index in [1.807, 2.05) is 32.0 Å². The number of amides is 1. The minimum atomic E-state index is -0.131. The Morgan fingerprint density at radius 3 is 2.70 bits per heavy atom. The number of nitrogens with one attached hydrogen (secondary N) is 1. The van der Waals surface area contributed by atoms with Gasteiger partial charge in [0.05, 0.1) is 13.2 Å². The molecule has 0 aliphatic heterocycles. The number of rotatable bonds is 9. The van der Waals surface area contributed by atoms with Crippen LogP contribution in [0.2, 0.25) is 0 Å². The molecule has 2 rings (SSSR count). The molecule has 1 amide bonds. The molecule has 0 aliphatic carbocycles. The average molecular weight is 319 g/mol. The Labute approximate surface area is 134 Å². The molecule has 23 heavy (non-hydrogen) atoms. The molecule has 0 radical (unpaired) electrons. The lowest BCUT2D eigenvalue weighted by Crippen LogP contribution is -2.29. The highest BCUT2D eigenvalue weighted by Gasteiger charge is 2.07. The van der Waals surface area contributed by atoms with Gasteiger partial charge in [-0.2, -0.15) is 0 Å². The molecular formula is C15H21N5O3. The third-order valence-corrected chi connectivity index (χ3v) is 3.04. The number of ether oxygens (including phenoxy) is 2. The van der Waals surface area contributed by atoms with Crippen LogP contribution >= 0.6 is 0 Å². The molecular weight excluding hydrogens is 298 g/mol. The summed E-state index contributed by atoms with van der Waals surface area (Å²) in [6.07, 6.45) is 2.11. The number of hydrogen-bond donors (Lipinski definition) is 1. The van der Waals surface area contributed by atoms with E-state index in [9.17, 15) is 4.79 Å². The van der Waals surface area contributed by atoms with Crippen molar-refractivity contribution in [2.45, 2.75) is 26.8 Å². The quantitative estimate of drug-likeness (QED) is 0.736. The summed E-state index contributed by atoms with van der Waals surface area (Å²) in [4.78, 5) is 11.7. The van der Waals surface area contributed by atoms with Crippen LogP contribution in [-0.4, -0.2) is 45.9 Å². The first-order valence-electron chi connectivity index (χ1n) is 7.59. The summed E-state index contributed by atoms with van der Waals surface area (Å²) in [6, 6.07) is 5.82. The fourth-order valence-electron chi connectivity index (χ4n) is 2.05. The lowest BCUT2D eigenvalue weighted by Gasteiger charge is -2.12. The Bertz CT molecular complexity index is 616. The molecule has 1 aromatic heterocycles. The van der Waals surface area contributed by atoms with Crippen molar-refractivity contribution >= 4 is 5.91 Å². The number of tetrazole rings is 1. The van der Waals surface area contributed by atoms with E-state index in [-0.39, 0.29) is 12.5 Å². The van der Waals surface area contributed by atoms with Crippen LogP contribution in [0.15, 0.2) is 24.5 Å². The summed E-state index contributed by atoms with van der Waals surface area (Å²) in [6.45, 7) is 5.67. The van der Waals surface area contributed by atoms with Crippen LogP contribution in [-0.2, 0) is 17.8 Å². The molecule has 8 heteroatoms. The van der Waals surface area contributed by atoms with Gasteiger partial charge < -0.3 is 14.8 Å². The molecule has 0 saturated carbocycles. The minimum Gasteiger partial charge on any atom is -0.490 e. The van der Waals surface area contributed by atoms with Crippen molar-refractivity contribution in [2.75, 3.05) is 19.8 Å². The van der Waals surface area contributed by atoms with Gasteiger partial charge in [0.1, 0.15) is 12.9 Å². The molecule has 2 aromatic rings. The Morgan fingerprint density at radius 2 is 2.00 bits per heavy atom. The summed E-state index contributed by atoms with van der Waals surface area (Å²) in [5, 5.41) is 13.4. The number of nitrogens with zero attached hydrogens (tertiary/aromatic N) is 4. The summed E-state index contributed by atoms with van der Waals surface area (Å²) >= 11 is 0. The highest BCUT2D eigenvalue weighted by molar-refractivity contribution is 5.75. The fraction of sp³-hybridized carbons (Fsp3) is 0.467. The van der Waals surface area contributed by atoms with E-state index in [1.54, 1.807) is 0 Å². The summed E-state index contributed by atoms with van der Waals surface area (Å²) in [7, 11) is 0. The SMILES string of the molecule is CCOc1ccc(CCNC(=O)Cn2cnnn2)cc1OCC. The second kappa shape index (κ2) is 8.72. The second-order valence-corrected chi connectivity index (χ2v) is 4.75. The van der Waals surface area contributed by atoms with Gasteiger partial charge in [0.25, 0.3) is 0 Å². The molecule has 124 valence electrons. The van der Waals surface area contributed by atoms with E-state index in [1.165, 1.54) is 11.0 Å². The molecule has 1 N–H and O–H groups in total. The fourth-order valence-corrected chi connectivity index (χ4v) is 2.05. The van der Waals surface area contributed by atoms with Crippen LogP contribution in [0.4, 0.5) is 0 Å². The van der Waals surface area contributed by atoms with Crippen molar-refractivity contribution in [2.24, 2.45) is 0 Å². The zero-order chi connectivity index (χ0) is 16.5. The van der Waals surface area contributed by atoms with Crippen molar-refractivity contribution in [3.05, 3.63) is 30.1 Å². The molecule has 1 aromatic carbocycles. The third-order valence-electron chi connectivity index (χ3n) is 3.04. The van der Waals surface area contributed by atoms with Gasteiger partial charge >= 0.3 is 0 Å². The molecule has 0 aliphatic rings. The normalized spacial score (nSPS) is 10.3. The van der Waals surface area contributed by atoms with E-state index in [2.05, 4.69) is 20.8 Å². The van der Waals surface area contributed by atoms with Crippen molar-refractivity contribution in [3.8, 4) is 11.5 Å². The van der Waals surface area contributed by atoms with Crippen molar-refractivity contribution in [1.82, 2.24) is 25.5 Å². The van der Waals surface area contributed by atoms with Crippen molar-refractivity contribution in [3.63, 3.8) is 0 Å². The summed E-state index contributed by atoms with van der Waals surface area (Å²) < 4.78 is 12.5. The first-order chi connectivity index (χ1) is 11.2. The number of hydrogen-bond acceptors (Lipinski definition) is 6. The average Bonchev–Trinajstić information content (AvgIpc) is 3.03. The molecule has 0 bridgehead atoms. The summed E-state index contributed by atoms with van der Waals surface area (Å²) in [5.41, 5.74) is 1.07. The van der Waals surface area contributed by atoms with Crippen LogP contribution in [0.3, 0.4) is 0 Å². The first kappa shape index (κ1) is 16.7. The molecule has 0 spiro atoms. The van der Waals surface area contributed by atoms with Gasteiger partial charge in [0.15, 0.2) is 11.5 Å². The van der Waals surface area contributed by atoms with Crippen LogP contribution < -0.4 is 14.8 Å². The highest BCUT2D eigenvalue weighted by Crippen LogP contribution is 2.28. The Kier molecular flexibility index (Phi) is 6.34. The number of carbonyl (C=O) groups is 1. The standard InChI is InChI=1S/C15H21N5O3/c1-3-22-13-6-5-12(9-14(13)23-4-2)7-8-16-15(21)10-20-11-17-18-19-20/h5-6,9,11H,3-4,7-8,10H2,1-2H3,(H,16,21). The minimum absolute atomic E-state index is 0.112. The maximum absolute atomic E-state index is 11.7. The van der Waals surface area contributed by atoms with Crippen LogP contribution in [0.25, 0.3) is 0 Å². The zero-order valence-electron chi connectivity index (χ0n) is 13.4. The van der Waals surface area contributed by atoms with Crippen LogP contribution in [0, 0.1) is 0 Å². The predicted molar refractivity (Wildman–Crippen MR) is 83.3 cm³/mol. The number of carbonyl (C=O) groups excluding carboxylic acids is 1. The zero-order valence-corrected chi connectivity index (χ0v) is 13.4. The first-order valence-corrected chi connectivity index (χ1v) is 7.59. The van der Waals surface area contributed by atoms with Crippen LogP contribution in [0.1, 0.15) is 19.4 Å². The van der Waals surface area contributed by atoms with Gasteiger partial charge in [-0.3, -0.25) is 4.79 Å². The van der Waals surface area contributed by atoms with Crippen molar-refractivity contribution in [1.29, 1.82) is 0 Å². The lowest BCUT2D eigenvalue weighted by molar-refractivity contribution is -0.121. The van der Waals surface area contributed by atoms with Crippen molar-refractivity contribution < 1.29 is 14.3 Å². The largest absolute Gasteiger partial charge is 0.490 e. The summed E-state index contributed by atoms with van der Waals surface area (Å²) in [5.74, 6) is 1.33. The van der Waals surface area contributed by atoms with Crippen LogP contribution in [0.5, 0.6) is 11.5 Å².